The van der Waals surface area contributed by atoms with E-state index in [2.05, 4.69) is 378 Å². The van der Waals surface area contributed by atoms with Crippen LogP contribution in [0.4, 0.5) is 34.3 Å². The van der Waals surface area contributed by atoms with Gasteiger partial charge in [-0.25, -0.2) is 0 Å². The van der Waals surface area contributed by atoms with Gasteiger partial charge in [0, 0.05) is 23.0 Å². The van der Waals surface area contributed by atoms with Gasteiger partial charge in [-0.15, -0.1) is 0 Å². The monoisotopic (exact) mass is 1390 g/mol. The van der Waals surface area contributed by atoms with Crippen molar-refractivity contribution in [1.29, 1.82) is 0 Å². The van der Waals surface area contributed by atoms with E-state index in [1.807, 2.05) is 12.3 Å². The van der Waals surface area contributed by atoms with Crippen molar-refractivity contribution in [3.8, 4) is 89.6 Å². The fraction of sp³-hybridized carbons (Fsp3) is 0.103. The molecule has 0 aliphatic carbocycles. The normalized spacial score (nSPS) is 12.2. The Labute approximate surface area is 562 Å². The van der Waals surface area contributed by atoms with Crippen LogP contribution in [0.2, 0.25) is 0 Å². The Kier molecular flexibility index (Phi) is 15.5. The first-order chi connectivity index (χ1) is 45.7. The Bertz CT molecular complexity index is 5150. The molecule has 6 nitrogen and oxygen atoms in total. The van der Waals surface area contributed by atoms with Gasteiger partial charge in [0.2, 0.25) is 0 Å². The summed E-state index contributed by atoms with van der Waals surface area (Å²) in [5.41, 5.74) is 25.4. The van der Waals surface area contributed by atoms with Crippen LogP contribution in [0.25, 0.3) is 89.2 Å². The summed E-state index contributed by atoms with van der Waals surface area (Å²) in [6.45, 7) is 15.9. The molecule has 0 unspecified atom stereocenters. The number of rotatable bonds is 10. The molecular formula is C87H69N5OPt-2. The minimum Gasteiger partial charge on any atom is -0.0622 e. The van der Waals surface area contributed by atoms with Crippen molar-refractivity contribution in [2.75, 3.05) is 9.80 Å². The number of hydrogen-bond donors (Lipinski definition) is 0. The topological polar surface area (TPSA) is 38.5 Å². The molecule has 0 bridgehead atoms. The second-order valence-electron chi connectivity index (χ2n) is 26.2. The number of nitrogens with zero attached hydrogens (tertiary/aromatic N) is 5. The zero-order valence-electron chi connectivity index (χ0n) is 53.7. The molecule has 2 aromatic heterocycles. The smallest absolute Gasteiger partial charge is 0.0622 e. The van der Waals surface area contributed by atoms with Gasteiger partial charge in [-0.3, -0.25) is 0 Å². The summed E-state index contributed by atoms with van der Waals surface area (Å²) >= 11 is 2.50. The Morgan fingerprint density at radius 1 is 0.372 bits per heavy atom. The molecule has 0 spiro atoms. The van der Waals surface area contributed by atoms with Crippen LogP contribution in [0.1, 0.15) is 58.2 Å². The number of imidazole rings is 1. The molecule has 7 heteroatoms. The molecule has 94 heavy (non-hydrogen) atoms. The number of aryl methyl sites for hydroxylation is 1. The van der Waals surface area contributed by atoms with Crippen LogP contribution in [0.5, 0.6) is 11.5 Å². The summed E-state index contributed by atoms with van der Waals surface area (Å²) in [5, 5.41) is 0. The zero-order valence-corrected chi connectivity index (χ0v) is 55.9. The third-order valence-electron chi connectivity index (χ3n) is 18.1. The van der Waals surface area contributed by atoms with Crippen LogP contribution in [0.15, 0.2) is 291 Å². The summed E-state index contributed by atoms with van der Waals surface area (Å²) in [6.07, 6.45) is 2.04. The molecule has 460 valence electrons. The van der Waals surface area contributed by atoms with Crippen LogP contribution in [0, 0.1) is 22.9 Å². The molecule has 12 aromatic carbocycles. The van der Waals surface area contributed by atoms with Gasteiger partial charge in [0.05, 0.1) is 5.69 Å². The van der Waals surface area contributed by atoms with Gasteiger partial charge in [0.15, 0.2) is 0 Å². The summed E-state index contributed by atoms with van der Waals surface area (Å²) in [7, 11) is 0. The Morgan fingerprint density at radius 3 is 1.48 bits per heavy atom. The molecule has 0 saturated heterocycles. The van der Waals surface area contributed by atoms with Gasteiger partial charge in [0.1, 0.15) is 0 Å². The van der Waals surface area contributed by atoms with Gasteiger partial charge in [-0.05, 0) is 81.5 Å². The molecule has 14 aromatic rings. The Morgan fingerprint density at radius 2 is 0.862 bits per heavy atom. The van der Waals surface area contributed by atoms with Crippen molar-refractivity contribution < 1.29 is 24.1 Å². The Hall–Kier alpha value is -10.7. The number of anilines is 6. The fourth-order valence-corrected chi connectivity index (χ4v) is 14.3. The van der Waals surface area contributed by atoms with Gasteiger partial charge in [0.25, 0.3) is 0 Å². The van der Waals surface area contributed by atoms with E-state index in [1.54, 1.807) is 0 Å². The first-order valence-electron chi connectivity index (χ1n) is 32.1. The average molecular weight is 1400 g/mol. The second-order valence-corrected chi connectivity index (χ2v) is 27.2. The summed E-state index contributed by atoms with van der Waals surface area (Å²) < 4.78 is 12.9. The molecule has 1 aliphatic rings. The molecule has 15 rings (SSSR count). The molecule has 0 saturated carbocycles. The summed E-state index contributed by atoms with van der Waals surface area (Å²) in [5.74, 6) is 1.81. The average Bonchev–Trinajstić information content (AvgIpc) is 1.45. The van der Waals surface area contributed by atoms with Gasteiger partial charge >= 0.3 is 306 Å². The predicted octanol–water partition coefficient (Wildman–Crippen LogP) is 23.4. The van der Waals surface area contributed by atoms with Crippen molar-refractivity contribution in [3.63, 3.8) is 0 Å². The van der Waals surface area contributed by atoms with Crippen molar-refractivity contribution in [3.05, 3.63) is 324 Å². The van der Waals surface area contributed by atoms with Crippen LogP contribution >= 0.6 is 0 Å². The molecule has 0 atom stereocenters. The van der Waals surface area contributed by atoms with Gasteiger partial charge in [-0.1, -0.05) is 145 Å². The van der Waals surface area contributed by atoms with Crippen molar-refractivity contribution in [2.45, 2.75) is 59.3 Å². The van der Waals surface area contributed by atoms with E-state index in [0.717, 1.165) is 122 Å². The van der Waals surface area contributed by atoms with E-state index in [1.165, 1.54) is 22.3 Å². The predicted molar refractivity (Wildman–Crippen MR) is 386 cm³/mol. The van der Waals surface area contributed by atoms with E-state index in [4.69, 9.17) is 9.72 Å². The minimum atomic E-state index is -0.176. The zero-order chi connectivity index (χ0) is 64.2. The number of hydrogen-bond acceptors (Lipinski definition) is 4. The molecule has 1 aliphatic heterocycles. The standard InChI is InChI=1S/C87H69N5O.Pt/c1-59-53-84(88-57-77(59)64-43-41-61(42-44-64)60-25-11-8-12-26-60)92-80-52-47-66(87(5,6)7)54-76(80)74-34-18-20-38-79(74)91(67-48-45-65(46-49-67)86(2,3)4)78-37-19-17-33-73(78)75-51-50-70(56-83(75)92)93-69-32-23-31-68(55-69)89-58-90(82-40-22-21-39-81(82)89)85-71(62-27-13-9-14-28-62)35-24-36-72(85)63-29-15-10-16-30-63;/h8-54,57H,1-7H3;/q-2;. The summed E-state index contributed by atoms with van der Waals surface area (Å²) in [6, 6.07) is 110. The van der Waals surface area contributed by atoms with Crippen molar-refractivity contribution in [2.24, 2.45) is 0 Å². The number of benzene rings is 12. The second kappa shape index (κ2) is 24.4. The molecule has 0 N–H and O–H groups in total. The number of fused-ring (bicyclic) bond motifs is 7. The SMILES string of the molecule is Cc1cc(N2c3[c-]c(Oc4[c-]c(-n5[c](=[Pt])n(-c6c(-c7ccccc7)cccc6-c6ccccc6)c6ccccc65)ccc4)ccc3-c3ccccc3N(c3ccc(C(C)(C)C)cc3)c3ccccc3-c3cc(C(C)(C)C)ccc32)ncc1-c1ccc(-c2ccccc2)cc1. The molecule has 0 fully saturated rings. The van der Waals surface area contributed by atoms with Crippen LogP contribution < -0.4 is 14.5 Å². The van der Waals surface area contributed by atoms with E-state index in [0.29, 0.717) is 11.5 Å². The summed E-state index contributed by atoms with van der Waals surface area (Å²) in [4.78, 5) is 10.3. The van der Waals surface area contributed by atoms with Gasteiger partial charge < -0.3 is 4.90 Å². The fourth-order valence-electron chi connectivity index (χ4n) is 13.2. The number of aromatic nitrogens is 3. The maximum absolute atomic E-state index is 7.19. The third kappa shape index (κ3) is 11.1. The van der Waals surface area contributed by atoms with E-state index < -0.39 is 0 Å². The molecule has 0 amide bonds. The first kappa shape index (κ1) is 59.6. The van der Waals surface area contributed by atoms with E-state index >= 15 is 0 Å². The minimum absolute atomic E-state index is 0.0301. The maximum atomic E-state index is 7.19. The molecular weight excluding hydrogens is 1330 g/mol. The first-order valence-corrected chi connectivity index (χ1v) is 33.2. The Balaban J connectivity index is 0.925. The molecule has 0 radical (unpaired) electrons. The van der Waals surface area contributed by atoms with Crippen LogP contribution in [0.3, 0.4) is 0 Å². The number of pyridine rings is 1. The van der Waals surface area contributed by atoms with Crippen LogP contribution in [-0.4, -0.2) is 14.1 Å². The van der Waals surface area contributed by atoms with E-state index in [9.17, 15) is 0 Å². The van der Waals surface area contributed by atoms with Crippen molar-refractivity contribution >= 4 is 45.3 Å². The molecule has 3 heterocycles. The van der Waals surface area contributed by atoms with Crippen molar-refractivity contribution in [1.82, 2.24) is 14.1 Å². The number of ether oxygens (including phenoxy) is 1. The quantitative estimate of drug-likeness (QED) is 0.128. The number of para-hydroxylation sites is 5. The van der Waals surface area contributed by atoms with E-state index in [-0.39, 0.29) is 10.8 Å². The van der Waals surface area contributed by atoms with Gasteiger partial charge in [-0.2, -0.15) is 0 Å². The van der Waals surface area contributed by atoms with Crippen LogP contribution in [-0.2, 0) is 30.2 Å². The third-order valence-corrected chi connectivity index (χ3v) is 19.1.